The van der Waals surface area contributed by atoms with E-state index in [-0.39, 0.29) is 0 Å². The van der Waals surface area contributed by atoms with Crippen LogP contribution in [0, 0.1) is 0 Å². The Hall–Kier alpha value is -2.36. The second-order valence-electron chi connectivity index (χ2n) is 3.47. The van der Waals surface area contributed by atoms with Gasteiger partial charge < -0.3 is 4.74 Å². The van der Waals surface area contributed by atoms with Gasteiger partial charge in [0.05, 0.1) is 19.1 Å². The second kappa shape index (κ2) is 5.12. The number of carbonyl (C=O) groups is 1. The minimum atomic E-state index is -0.486. The molecule has 86 valence electrons. The van der Waals surface area contributed by atoms with Crippen LogP contribution in [0.3, 0.4) is 0 Å². The molecule has 0 saturated heterocycles. The largest absolute Gasteiger partial charge is 0.404 e. The summed E-state index contributed by atoms with van der Waals surface area (Å²) in [7, 11) is 0. The first-order chi connectivity index (χ1) is 8.29. The molecule has 0 radical (unpaired) electrons. The first-order valence-corrected chi connectivity index (χ1v) is 5.18. The van der Waals surface area contributed by atoms with Crippen molar-refractivity contribution < 1.29 is 9.53 Å². The predicted molar refractivity (Wildman–Crippen MR) is 63.6 cm³/mol. The molecular weight excluding hydrogens is 216 g/mol. The second-order valence-corrected chi connectivity index (χ2v) is 3.47. The van der Waals surface area contributed by atoms with E-state index in [4.69, 9.17) is 4.74 Å². The zero-order chi connectivity index (χ0) is 12.1. The van der Waals surface area contributed by atoms with Gasteiger partial charge in [0.2, 0.25) is 5.88 Å². The van der Waals surface area contributed by atoms with Gasteiger partial charge in [-0.05, 0) is 5.56 Å². The number of imidazole rings is 1. The number of hydrogen-bond acceptors (Lipinski definition) is 3. The Kier molecular flexibility index (Phi) is 3.35. The molecule has 0 amide bonds. The Morgan fingerprint density at radius 2 is 2.18 bits per heavy atom. The van der Waals surface area contributed by atoms with E-state index < -0.39 is 5.97 Å². The summed E-state index contributed by atoms with van der Waals surface area (Å²) < 4.78 is 6.81. The van der Waals surface area contributed by atoms with Crippen LogP contribution in [-0.2, 0) is 11.3 Å². The van der Waals surface area contributed by atoms with Crippen molar-refractivity contribution in [2.75, 3.05) is 0 Å². The molecule has 1 heterocycles. The monoisotopic (exact) mass is 228 g/mol. The third kappa shape index (κ3) is 2.81. The fourth-order valence-corrected chi connectivity index (χ4v) is 1.44. The van der Waals surface area contributed by atoms with Gasteiger partial charge in [0.1, 0.15) is 0 Å². The van der Waals surface area contributed by atoms with Crippen molar-refractivity contribution in [3.8, 4) is 5.88 Å². The number of esters is 1. The van der Waals surface area contributed by atoms with Gasteiger partial charge in [-0.2, -0.15) is 0 Å². The van der Waals surface area contributed by atoms with Crippen molar-refractivity contribution in [1.29, 1.82) is 0 Å². The quantitative estimate of drug-likeness (QED) is 0.594. The zero-order valence-electron chi connectivity index (χ0n) is 9.24. The summed E-state index contributed by atoms with van der Waals surface area (Å²) in [4.78, 5) is 15.1. The molecule has 0 saturated carbocycles. The Balaban J connectivity index is 2.14. The predicted octanol–water partition coefficient (Wildman–Crippen LogP) is 2.02. The number of rotatable bonds is 4. The summed E-state index contributed by atoms with van der Waals surface area (Å²) in [5, 5.41) is 0. The van der Waals surface area contributed by atoms with E-state index >= 15 is 0 Å². The molecule has 0 aliphatic heterocycles. The minimum absolute atomic E-state index is 0.416. The van der Waals surface area contributed by atoms with Gasteiger partial charge in [0, 0.05) is 6.08 Å². The van der Waals surface area contributed by atoms with Crippen LogP contribution in [0.25, 0.3) is 0 Å². The topological polar surface area (TPSA) is 44.1 Å². The smallest absolute Gasteiger partial charge is 0.336 e. The molecule has 0 aliphatic rings. The Labute approximate surface area is 99.2 Å². The molecule has 17 heavy (non-hydrogen) atoms. The standard InChI is InChI=1S/C13H12N2O2/c1-2-13(16)17-12-8-14-10-15(12)9-11-6-4-3-5-7-11/h2-8,10H,1,9H2. The Bertz CT molecular complexity index is 517. The van der Waals surface area contributed by atoms with Crippen molar-refractivity contribution in [2.45, 2.75) is 6.54 Å². The highest BCUT2D eigenvalue weighted by molar-refractivity contribution is 5.83. The van der Waals surface area contributed by atoms with E-state index in [1.807, 2.05) is 30.3 Å². The summed E-state index contributed by atoms with van der Waals surface area (Å²) in [6.07, 6.45) is 4.25. The third-order valence-electron chi connectivity index (χ3n) is 2.24. The van der Waals surface area contributed by atoms with E-state index in [0.29, 0.717) is 12.4 Å². The van der Waals surface area contributed by atoms with Crippen LogP contribution >= 0.6 is 0 Å². The third-order valence-corrected chi connectivity index (χ3v) is 2.24. The van der Waals surface area contributed by atoms with Crippen LogP contribution in [0.15, 0.2) is 55.5 Å². The number of benzene rings is 1. The van der Waals surface area contributed by atoms with Crippen LogP contribution in [0.4, 0.5) is 0 Å². The molecule has 4 heteroatoms. The maximum Gasteiger partial charge on any atom is 0.336 e. The van der Waals surface area contributed by atoms with Crippen LogP contribution in [0.1, 0.15) is 5.56 Å². The molecule has 1 aromatic carbocycles. The summed E-state index contributed by atoms with van der Waals surface area (Å²) in [6.45, 7) is 3.96. The molecule has 2 rings (SSSR count). The van der Waals surface area contributed by atoms with Crippen molar-refractivity contribution in [3.63, 3.8) is 0 Å². The summed E-state index contributed by atoms with van der Waals surface area (Å²) in [5.74, 6) is -0.0708. The number of hydrogen-bond donors (Lipinski definition) is 0. The number of ether oxygens (including phenoxy) is 1. The SMILES string of the molecule is C=CC(=O)Oc1cncn1Cc1ccccc1. The number of carbonyl (C=O) groups excluding carboxylic acids is 1. The highest BCUT2D eigenvalue weighted by Crippen LogP contribution is 2.13. The first-order valence-electron chi connectivity index (χ1n) is 5.18. The Morgan fingerprint density at radius 3 is 2.88 bits per heavy atom. The highest BCUT2D eigenvalue weighted by atomic mass is 16.5. The van der Waals surface area contributed by atoms with Crippen molar-refractivity contribution in [1.82, 2.24) is 9.55 Å². The molecule has 0 spiro atoms. The molecule has 0 unspecified atom stereocenters. The van der Waals surface area contributed by atoms with Gasteiger partial charge in [-0.1, -0.05) is 36.9 Å². The van der Waals surface area contributed by atoms with Crippen molar-refractivity contribution >= 4 is 5.97 Å². The van der Waals surface area contributed by atoms with Gasteiger partial charge in [-0.25, -0.2) is 9.78 Å². The van der Waals surface area contributed by atoms with Crippen LogP contribution in [-0.4, -0.2) is 15.5 Å². The minimum Gasteiger partial charge on any atom is -0.404 e. The average molecular weight is 228 g/mol. The lowest BCUT2D eigenvalue weighted by atomic mass is 10.2. The van der Waals surface area contributed by atoms with Gasteiger partial charge in [-0.3, -0.25) is 4.57 Å². The zero-order valence-corrected chi connectivity index (χ0v) is 9.24. The first kappa shape index (κ1) is 11.1. The number of nitrogens with zero attached hydrogens (tertiary/aromatic N) is 2. The molecule has 0 bridgehead atoms. The van der Waals surface area contributed by atoms with E-state index in [0.717, 1.165) is 11.6 Å². The number of aromatic nitrogens is 2. The molecule has 0 fully saturated rings. The van der Waals surface area contributed by atoms with Crippen LogP contribution in [0.5, 0.6) is 5.88 Å². The maximum absolute atomic E-state index is 11.1. The lowest BCUT2D eigenvalue weighted by molar-refractivity contribution is -0.129. The molecule has 0 atom stereocenters. The summed E-state index contributed by atoms with van der Waals surface area (Å²) in [6, 6.07) is 9.87. The van der Waals surface area contributed by atoms with E-state index in [9.17, 15) is 4.79 Å². The van der Waals surface area contributed by atoms with Gasteiger partial charge >= 0.3 is 5.97 Å². The lowest BCUT2D eigenvalue weighted by Crippen LogP contribution is -2.08. The molecule has 4 nitrogen and oxygen atoms in total. The maximum atomic E-state index is 11.1. The molecule has 0 N–H and O–H groups in total. The normalized spacial score (nSPS) is 9.88. The molecule has 0 aliphatic carbocycles. The molecule has 2 aromatic rings. The lowest BCUT2D eigenvalue weighted by Gasteiger charge is -2.07. The van der Waals surface area contributed by atoms with Gasteiger partial charge in [0.25, 0.3) is 0 Å². The van der Waals surface area contributed by atoms with E-state index in [1.165, 1.54) is 6.20 Å². The molecular formula is C13H12N2O2. The Morgan fingerprint density at radius 1 is 1.41 bits per heavy atom. The average Bonchev–Trinajstić information content (AvgIpc) is 2.78. The van der Waals surface area contributed by atoms with Crippen molar-refractivity contribution in [2.24, 2.45) is 0 Å². The molecule has 1 aromatic heterocycles. The summed E-state index contributed by atoms with van der Waals surface area (Å²) >= 11 is 0. The van der Waals surface area contributed by atoms with Crippen LogP contribution in [0.2, 0.25) is 0 Å². The van der Waals surface area contributed by atoms with Crippen molar-refractivity contribution in [3.05, 3.63) is 61.1 Å². The van der Waals surface area contributed by atoms with E-state index in [1.54, 1.807) is 10.9 Å². The summed E-state index contributed by atoms with van der Waals surface area (Å²) in [5.41, 5.74) is 1.11. The van der Waals surface area contributed by atoms with Gasteiger partial charge in [0.15, 0.2) is 0 Å². The van der Waals surface area contributed by atoms with Crippen LogP contribution < -0.4 is 4.74 Å². The highest BCUT2D eigenvalue weighted by Gasteiger charge is 2.06. The fraction of sp³-hybridized carbons (Fsp3) is 0.0769. The van der Waals surface area contributed by atoms with E-state index in [2.05, 4.69) is 11.6 Å². The fourth-order valence-electron chi connectivity index (χ4n) is 1.44. The van der Waals surface area contributed by atoms with Gasteiger partial charge in [-0.15, -0.1) is 0 Å².